The summed E-state index contributed by atoms with van der Waals surface area (Å²) < 4.78 is 20.1. The van der Waals surface area contributed by atoms with Crippen molar-refractivity contribution in [3.05, 3.63) is 156 Å². The molecule has 37 heavy (non-hydrogen) atoms. The molecule has 0 bridgehead atoms. The molecule has 0 radical (unpaired) electrons. The highest BCUT2D eigenvalue weighted by Gasteiger charge is 2.45. The van der Waals surface area contributed by atoms with Crippen LogP contribution >= 0.6 is 7.26 Å². The largest absolute Gasteiger partial charge is 0.497 e. The molecule has 0 fully saturated rings. The normalized spacial score (nSPS) is 11.3. The van der Waals surface area contributed by atoms with Crippen molar-refractivity contribution in [2.24, 2.45) is 0 Å². The van der Waals surface area contributed by atoms with Gasteiger partial charge in [-0.25, -0.2) is 4.39 Å². The molecular formula is C34H31FOP+. The second kappa shape index (κ2) is 11.5. The zero-order chi connectivity index (χ0) is 25.5. The number of benzene rings is 5. The van der Waals surface area contributed by atoms with Gasteiger partial charge in [-0.05, 0) is 90.2 Å². The Kier molecular flexibility index (Phi) is 7.78. The topological polar surface area (TPSA) is 9.23 Å². The number of halogens is 1. The fourth-order valence-corrected chi connectivity index (χ4v) is 9.37. The van der Waals surface area contributed by atoms with Gasteiger partial charge in [0.2, 0.25) is 0 Å². The molecule has 5 aromatic carbocycles. The third kappa shape index (κ3) is 5.50. The molecule has 0 saturated heterocycles. The van der Waals surface area contributed by atoms with Gasteiger partial charge in [-0.3, -0.25) is 0 Å². The van der Waals surface area contributed by atoms with Crippen molar-refractivity contribution in [3.63, 3.8) is 0 Å². The Bertz CT molecular complexity index is 1320. The van der Waals surface area contributed by atoms with Crippen LogP contribution in [0.2, 0.25) is 0 Å². The third-order valence-corrected chi connectivity index (χ3v) is 11.4. The van der Waals surface area contributed by atoms with Gasteiger partial charge in [0.15, 0.2) is 0 Å². The SMILES string of the molecule is COc1ccc(CCc2ccc(F)cc2C[P+](c2ccccc2)(c2ccccc2)c2ccccc2)cc1. The summed E-state index contributed by atoms with van der Waals surface area (Å²) in [5.41, 5.74) is 3.52. The van der Waals surface area contributed by atoms with E-state index in [-0.39, 0.29) is 5.82 Å². The minimum atomic E-state index is -2.11. The van der Waals surface area contributed by atoms with Gasteiger partial charge >= 0.3 is 0 Å². The first kappa shape index (κ1) is 24.9. The standard InChI is InChI=1S/C34H31FOP/c1-36-31-23-18-27(19-24-31)17-20-28-21-22-30(35)25-29(28)26-37(32-11-5-2-6-12-32,33-13-7-3-8-14-33)34-15-9-4-10-16-34/h2-16,18-19,21-25H,17,20,26H2,1H3/q+1. The number of aryl methyl sites for hydroxylation is 2. The molecule has 0 N–H and O–H groups in total. The van der Waals surface area contributed by atoms with Crippen molar-refractivity contribution in [1.29, 1.82) is 0 Å². The van der Waals surface area contributed by atoms with Gasteiger partial charge in [0.05, 0.1) is 13.3 Å². The van der Waals surface area contributed by atoms with E-state index in [4.69, 9.17) is 4.74 Å². The molecule has 0 aliphatic carbocycles. The van der Waals surface area contributed by atoms with Crippen LogP contribution in [0.1, 0.15) is 16.7 Å². The second-order valence-electron chi connectivity index (χ2n) is 9.24. The summed E-state index contributed by atoms with van der Waals surface area (Å²) in [5, 5.41) is 3.91. The monoisotopic (exact) mass is 505 g/mol. The average Bonchev–Trinajstić information content (AvgIpc) is 2.97. The first-order valence-electron chi connectivity index (χ1n) is 12.6. The minimum Gasteiger partial charge on any atom is -0.497 e. The minimum absolute atomic E-state index is 0.185. The number of hydrogen-bond acceptors (Lipinski definition) is 1. The van der Waals surface area contributed by atoms with Crippen molar-refractivity contribution in [3.8, 4) is 5.75 Å². The molecule has 1 nitrogen and oxygen atoms in total. The Hall–Kier alpha value is -3.74. The van der Waals surface area contributed by atoms with E-state index in [0.717, 1.165) is 30.3 Å². The molecule has 0 heterocycles. The maximum Gasteiger partial charge on any atom is 0.123 e. The van der Waals surface area contributed by atoms with E-state index in [2.05, 4.69) is 103 Å². The van der Waals surface area contributed by atoms with Gasteiger partial charge in [0, 0.05) is 0 Å². The molecule has 0 saturated carbocycles. The lowest BCUT2D eigenvalue weighted by Gasteiger charge is -2.28. The zero-order valence-corrected chi connectivity index (χ0v) is 22.0. The second-order valence-corrected chi connectivity index (χ2v) is 12.7. The maximum atomic E-state index is 14.8. The van der Waals surface area contributed by atoms with Gasteiger partial charge in [0.25, 0.3) is 0 Å². The number of hydrogen-bond donors (Lipinski definition) is 0. The lowest BCUT2D eigenvalue weighted by atomic mass is 10.0. The van der Waals surface area contributed by atoms with Crippen LogP contribution < -0.4 is 20.7 Å². The van der Waals surface area contributed by atoms with Crippen LogP contribution in [0.3, 0.4) is 0 Å². The molecule has 0 aliphatic rings. The smallest absolute Gasteiger partial charge is 0.123 e. The van der Waals surface area contributed by atoms with Crippen LogP contribution in [0, 0.1) is 5.82 Å². The van der Waals surface area contributed by atoms with E-state index in [9.17, 15) is 4.39 Å². The lowest BCUT2D eigenvalue weighted by molar-refractivity contribution is 0.414. The number of ether oxygens (including phenoxy) is 1. The van der Waals surface area contributed by atoms with E-state index < -0.39 is 7.26 Å². The summed E-state index contributed by atoms with van der Waals surface area (Å²) in [6, 6.07) is 45.9. The maximum absolute atomic E-state index is 14.8. The first-order valence-corrected chi connectivity index (χ1v) is 14.6. The Morgan fingerprint density at radius 2 is 1.08 bits per heavy atom. The molecule has 0 unspecified atom stereocenters. The van der Waals surface area contributed by atoms with Crippen LogP contribution in [0.4, 0.5) is 4.39 Å². The van der Waals surface area contributed by atoms with Crippen LogP contribution in [-0.2, 0) is 19.0 Å². The molecule has 0 spiro atoms. The Balaban J connectivity index is 1.61. The van der Waals surface area contributed by atoms with Crippen molar-refractivity contribution in [2.45, 2.75) is 19.0 Å². The van der Waals surface area contributed by atoms with Gasteiger partial charge in [0.1, 0.15) is 34.7 Å². The Morgan fingerprint density at radius 3 is 1.57 bits per heavy atom. The van der Waals surface area contributed by atoms with Crippen molar-refractivity contribution >= 4 is 23.2 Å². The van der Waals surface area contributed by atoms with Crippen molar-refractivity contribution in [2.75, 3.05) is 7.11 Å². The van der Waals surface area contributed by atoms with E-state index in [1.165, 1.54) is 27.0 Å². The van der Waals surface area contributed by atoms with Crippen molar-refractivity contribution < 1.29 is 9.13 Å². The predicted molar refractivity (Wildman–Crippen MR) is 156 cm³/mol. The fourth-order valence-electron chi connectivity index (χ4n) is 5.08. The summed E-state index contributed by atoms with van der Waals surface area (Å²) in [6.45, 7) is 0. The lowest BCUT2D eigenvalue weighted by Crippen LogP contribution is -2.32. The summed E-state index contributed by atoms with van der Waals surface area (Å²) in [5.74, 6) is 0.671. The van der Waals surface area contributed by atoms with E-state index in [0.29, 0.717) is 0 Å². The summed E-state index contributed by atoms with van der Waals surface area (Å²) in [6.07, 6.45) is 2.50. The highest BCUT2D eigenvalue weighted by atomic mass is 31.2. The number of rotatable bonds is 9. The molecular weight excluding hydrogens is 474 g/mol. The zero-order valence-electron chi connectivity index (χ0n) is 21.1. The third-order valence-electron chi connectivity index (χ3n) is 7.01. The molecule has 0 atom stereocenters. The van der Waals surface area contributed by atoms with Gasteiger partial charge in [-0.15, -0.1) is 0 Å². The van der Waals surface area contributed by atoms with Gasteiger partial charge < -0.3 is 4.74 Å². The van der Waals surface area contributed by atoms with E-state index in [1.54, 1.807) is 19.2 Å². The van der Waals surface area contributed by atoms with E-state index >= 15 is 0 Å². The molecule has 0 aliphatic heterocycles. The quantitative estimate of drug-likeness (QED) is 0.194. The van der Waals surface area contributed by atoms with Crippen LogP contribution in [0.5, 0.6) is 5.75 Å². The molecule has 0 amide bonds. The average molecular weight is 506 g/mol. The Labute approximate surface area is 219 Å². The highest BCUT2D eigenvalue weighted by molar-refractivity contribution is 7.95. The number of methoxy groups -OCH3 is 1. The van der Waals surface area contributed by atoms with Crippen molar-refractivity contribution in [1.82, 2.24) is 0 Å². The predicted octanol–water partition coefficient (Wildman–Crippen LogP) is 7.11. The van der Waals surface area contributed by atoms with Gasteiger partial charge in [-0.2, -0.15) is 0 Å². The van der Waals surface area contributed by atoms with Gasteiger partial charge in [-0.1, -0.05) is 72.8 Å². The summed E-state index contributed by atoms with van der Waals surface area (Å²) in [7, 11) is -0.430. The molecule has 0 aromatic heterocycles. The van der Waals surface area contributed by atoms with Crippen LogP contribution in [0.25, 0.3) is 0 Å². The van der Waals surface area contributed by atoms with Crippen LogP contribution in [-0.4, -0.2) is 7.11 Å². The molecule has 184 valence electrons. The fraction of sp³-hybridized carbons (Fsp3) is 0.118. The van der Waals surface area contributed by atoms with E-state index in [1.807, 2.05) is 18.2 Å². The summed E-state index contributed by atoms with van der Waals surface area (Å²) >= 11 is 0. The van der Waals surface area contributed by atoms with Crippen LogP contribution in [0.15, 0.2) is 133 Å². The summed E-state index contributed by atoms with van der Waals surface area (Å²) in [4.78, 5) is 0. The highest BCUT2D eigenvalue weighted by Crippen LogP contribution is 2.58. The molecule has 5 rings (SSSR count). The molecule has 3 heteroatoms. The Morgan fingerprint density at radius 1 is 0.568 bits per heavy atom. The molecule has 5 aromatic rings. The first-order chi connectivity index (χ1) is 18.2.